The second kappa shape index (κ2) is 9.10. The van der Waals surface area contributed by atoms with Crippen LogP contribution in [0.1, 0.15) is 27.5 Å². The molecule has 3 rings (SSSR count). The third-order valence-corrected chi connectivity index (χ3v) is 4.58. The monoisotopic (exact) mass is 395 g/mol. The lowest BCUT2D eigenvalue weighted by molar-refractivity contribution is 0.0939. The van der Waals surface area contributed by atoms with Gasteiger partial charge in [0.05, 0.1) is 32.9 Å². The average molecular weight is 395 g/mol. The number of ether oxygens (including phenoxy) is 3. The quantitative estimate of drug-likeness (QED) is 0.645. The van der Waals surface area contributed by atoms with E-state index in [1.165, 1.54) is 12.1 Å². The summed E-state index contributed by atoms with van der Waals surface area (Å²) in [7, 11) is 4.68. The molecule has 0 spiro atoms. The molecule has 150 valence electrons. The van der Waals surface area contributed by atoms with Crippen LogP contribution in [0.3, 0.4) is 0 Å². The lowest BCUT2D eigenvalue weighted by Crippen LogP contribution is -2.30. The fraction of sp³-hybridized carbons (Fsp3) is 0.174. The van der Waals surface area contributed by atoms with Gasteiger partial charge >= 0.3 is 0 Å². The predicted octanol–water partition coefficient (Wildman–Crippen LogP) is 4.37. The molecule has 0 radical (unpaired) electrons. The Hall–Kier alpha value is -3.54. The minimum atomic E-state index is -0.578. The first kappa shape index (κ1) is 20.2. The third-order valence-electron chi connectivity index (χ3n) is 4.58. The fourth-order valence-electron chi connectivity index (χ4n) is 3.04. The Kier molecular flexibility index (Phi) is 6.34. The van der Waals surface area contributed by atoms with Crippen LogP contribution in [0.4, 0.5) is 4.39 Å². The van der Waals surface area contributed by atoms with Crippen molar-refractivity contribution < 1.29 is 23.4 Å². The Balaban J connectivity index is 2.02. The SMILES string of the molecule is COc1ccc([C@H](NC(=O)c2ccccc2F)c2ccc(OC)c(OC)c2)cc1. The Morgan fingerprint density at radius 3 is 2.10 bits per heavy atom. The second-order valence-electron chi connectivity index (χ2n) is 6.27. The van der Waals surface area contributed by atoms with E-state index < -0.39 is 17.8 Å². The van der Waals surface area contributed by atoms with E-state index in [-0.39, 0.29) is 5.56 Å². The molecule has 5 nitrogen and oxygen atoms in total. The number of nitrogens with one attached hydrogen (secondary N) is 1. The maximum atomic E-state index is 14.1. The van der Waals surface area contributed by atoms with E-state index in [2.05, 4.69) is 5.32 Å². The van der Waals surface area contributed by atoms with Crippen molar-refractivity contribution in [2.24, 2.45) is 0 Å². The Morgan fingerprint density at radius 2 is 1.48 bits per heavy atom. The normalized spacial score (nSPS) is 11.4. The van der Waals surface area contributed by atoms with Gasteiger partial charge in [-0.1, -0.05) is 30.3 Å². The highest BCUT2D eigenvalue weighted by molar-refractivity contribution is 5.95. The number of amides is 1. The van der Waals surface area contributed by atoms with E-state index in [4.69, 9.17) is 14.2 Å². The summed E-state index contributed by atoms with van der Waals surface area (Å²) < 4.78 is 30.0. The van der Waals surface area contributed by atoms with Crippen molar-refractivity contribution in [1.82, 2.24) is 5.32 Å². The fourth-order valence-corrected chi connectivity index (χ4v) is 3.04. The summed E-state index contributed by atoms with van der Waals surface area (Å²) >= 11 is 0. The molecule has 0 aliphatic rings. The van der Waals surface area contributed by atoms with Crippen LogP contribution < -0.4 is 19.5 Å². The van der Waals surface area contributed by atoms with Gasteiger partial charge < -0.3 is 19.5 Å². The molecule has 0 unspecified atom stereocenters. The number of carbonyl (C=O) groups excluding carboxylic acids is 1. The number of methoxy groups -OCH3 is 3. The molecule has 0 bridgehead atoms. The molecule has 29 heavy (non-hydrogen) atoms. The topological polar surface area (TPSA) is 56.8 Å². The summed E-state index contributed by atoms with van der Waals surface area (Å²) in [5, 5.41) is 2.92. The maximum absolute atomic E-state index is 14.1. The zero-order valence-corrected chi connectivity index (χ0v) is 16.4. The number of carbonyl (C=O) groups is 1. The first-order chi connectivity index (χ1) is 14.1. The summed E-state index contributed by atoms with van der Waals surface area (Å²) in [6.45, 7) is 0. The molecule has 1 atom stereocenters. The minimum absolute atomic E-state index is 0.0218. The van der Waals surface area contributed by atoms with Crippen LogP contribution in [-0.2, 0) is 0 Å². The van der Waals surface area contributed by atoms with Crippen molar-refractivity contribution >= 4 is 5.91 Å². The van der Waals surface area contributed by atoms with Crippen LogP contribution >= 0.6 is 0 Å². The van der Waals surface area contributed by atoms with Gasteiger partial charge in [-0.2, -0.15) is 0 Å². The number of rotatable bonds is 7. The van der Waals surface area contributed by atoms with Crippen molar-refractivity contribution in [3.63, 3.8) is 0 Å². The van der Waals surface area contributed by atoms with E-state index in [1.54, 1.807) is 57.7 Å². The summed E-state index contributed by atoms with van der Waals surface area (Å²) in [5.41, 5.74) is 1.55. The molecule has 0 aromatic heterocycles. The highest BCUT2D eigenvalue weighted by atomic mass is 19.1. The van der Waals surface area contributed by atoms with Gasteiger partial charge in [-0.05, 0) is 47.5 Å². The van der Waals surface area contributed by atoms with Gasteiger partial charge in [-0.25, -0.2) is 4.39 Å². The molecular formula is C23H22FNO4. The highest BCUT2D eigenvalue weighted by Gasteiger charge is 2.21. The molecule has 1 amide bonds. The summed E-state index contributed by atoms with van der Waals surface area (Å²) in [5.74, 6) is 0.707. The molecule has 3 aromatic rings. The number of halogens is 1. The highest BCUT2D eigenvalue weighted by Crippen LogP contribution is 2.33. The zero-order chi connectivity index (χ0) is 20.8. The molecule has 0 saturated carbocycles. The first-order valence-corrected chi connectivity index (χ1v) is 8.98. The molecule has 0 saturated heterocycles. The average Bonchev–Trinajstić information content (AvgIpc) is 2.77. The largest absolute Gasteiger partial charge is 0.497 e. The Bertz CT molecular complexity index is 988. The molecule has 0 aliphatic heterocycles. The van der Waals surface area contributed by atoms with Crippen LogP contribution in [-0.4, -0.2) is 27.2 Å². The second-order valence-corrected chi connectivity index (χ2v) is 6.27. The van der Waals surface area contributed by atoms with Gasteiger partial charge in [0.25, 0.3) is 5.91 Å². The zero-order valence-electron chi connectivity index (χ0n) is 16.4. The Morgan fingerprint density at radius 1 is 0.828 bits per heavy atom. The predicted molar refractivity (Wildman–Crippen MR) is 108 cm³/mol. The van der Waals surface area contributed by atoms with E-state index in [0.29, 0.717) is 17.2 Å². The molecule has 0 aliphatic carbocycles. The maximum Gasteiger partial charge on any atom is 0.255 e. The summed E-state index contributed by atoms with van der Waals surface area (Å²) in [6, 6.07) is 18.0. The lowest BCUT2D eigenvalue weighted by Gasteiger charge is -2.21. The van der Waals surface area contributed by atoms with E-state index in [0.717, 1.165) is 11.1 Å². The van der Waals surface area contributed by atoms with Gasteiger partial charge in [0.15, 0.2) is 11.5 Å². The molecule has 3 aromatic carbocycles. The third kappa shape index (κ3) is 4.48. The molecular weight excluding hydrogens is 373 g/mol. The van der Waals surface area contributed by atoms with Gasteiger partial charge in [0, 0.05) is 0 Å². The van der Waals surface area contributed by atoms with E-state index in [9.17, 15) is 9.18 Å². The molecule has 6 heteroatoms. The number of hydrogen-bond acceptors (Lipinski definition) is 4. The van der Waals surface area contributed by atoms with Crippen molar-refractivity contribution in [1.29, 1.82) is 0 Å². The minimum Gasteiger partial charge on any atom is -0.497 e. The van der Waals surface area contributed by atoms with E-state index >= 15 is 0 Å². The molecule has 1 N–H and O–H groups in total. The van der Waals surface area contributed by atoms with Gasteiger partial charge in [-0.15, -0.1) is 0 Å². The summed E-state index contributed by atoms with van der Waals surface area (Å²) in [4.78, 5) is 12.8. The summed E-state index contributed by atoms with van der Waals surface area (Å²) in [6.07, 6.45) is 0. The molecule has 0 fully saturated rings. The smallest absolute Gasteiger partial charge is 0.255 e. The van der Waals surface area contributed by atoms with Crippen molar-refractivity contribution in [2.75, 3.05) is 21.3 Å². The van der Waals surface area contributed by atoms with Gasteiger partial charge in [0.1, 0.15) is 11.6 Å². The van der Waals surface area contributed by atoms with Crippen LogP contribution in [0.5, 0.6) is 17.2 Å². The number of benzene rings is 3. The standard InChI is InChI=1S/C23H22FNO4/c1-27-17-11-8-15(9-12-17)22(16-10-13-20(28-2)21(14-16)29-3)25-23(26)18-6-4-5-7-19(18)24/h4-14,22H,1-3H3,(H,25,26)/t22-/m0/s1. The molecule has 0 heterocycles. The van der Waals surface area contributed by atoms with Crippen molar-refractivity contribution in [3.05, 3.63) is 89.2 Å². The Labute approximate surface area is 169 Å². The van der Waals surface area contributed by atoms with Gasteiger partial charge in [-0.3, -0.25) is 4.79 Å². The van der Waals surface area contributed by atoms with E-state index in [1.807, 2.05) is 18.2 Å². The number of hydrogen-bond donors (Lipinski definition) is 1. The van der Waals surface area contributed by atoms with Crippen LogP contribution in [0, 0.1) is 5.82 Å². The van der Waals surface area contributed by atoms with Crippen molar-refractivity contribution in [3.8, 4) is 17.2 Å². The van der Waals surface area contributed by atoms with Crippen LogP contribution in [0.2, 0.25) is 0 Å². The van der Waals surface area contributed by atoms with Crippen LogP contribution in [0.15, 0.2) is 66.7 Å². The van der Waals surface area contributed by atoms with Crippen LogP contribution in [0.25, 0.3) is 0 Å². The van der Waals surface area contributed by atoms with Crippen molar-refractivity contribution in [2.45, 2.75) is 6.04 Å². The lowest BCUT2D eigenvalue weighted by atomic mass is 9.97. The van der Waals surface area contributed by atoms with Gasteiger partial charge in [0.2, 0.25) is 0 Å². The first-order valence-electron chi connectivity index (χ1n) is 8.98.